The van der Waals surface area contributed by atoms with E-state index in [4.69, 9.17) is 28.8 Å². The molecule has 0 bridgehead atoms. The van der Waals surface area contributed by atoms with Crippen molar-refractivity contribution in [1.82, 2.24) is 0 Å². The minimum atomic E-state index is 0.288. The van der Waals surface area contributed by atoms with E-state index in [1.807, 2.05) is 0 Å². The van der Waals surface area contributed by atoms with E-state index in [-0.39, 0.29) is 6.61 Å². The molecule has 0 aliphatic rings. The van der Waals surface area contributed by atoms with Crippen LogP contribution in [0.2, 0.25) is 0 Å². The Balaban J connectivity index is 2.90. The van der Waals surface area contributed by atoms with Gasteiger partial charge in [0.2, 0.25) is 0 Å². The monoisotopic (exact) mass is 308 g/mol. The van der Waals surface area contributed by atoms with Crippen molar-refractivity contribution in [1.29, 1.82) is 0 Å². The van der Waals surface area contributed by atoms with E-state index in [9.17, 15) is 0 Å². The Morgan fingerprint density at radius 1 is 0.524 bits per heavy atom. The molecule has 0 aromatic carbocycles. The van der Waals surface area contributed by atoms with Crippen LogP contribution in [0.4, 0.5) is 0 Å². The van der Waals surface area contributed by atoms with Crippen LogP contribution in [0.3, 0.4) is 0 Å². The van der Waals surface area contributed by atoms with Crippen LogP contribution in [0.15, 0.2) is 0 Å². The van der Waals surface area contributed by atoms with Crippen LogP contribution in [-0.4, -0.2) is 78.3 Å². The summed E-state index contributed by atoms with van der Waals surface area (Å²) < 4.78 is 26.3. The molecule has 0 saturated heterocycles. The van der Waals surface area contributed by atoms with Crippen LogP contribution in [0.1, 0.15) is 25.7 Å². The number of hydrogen-bond acceptors (Lipinski definition) is 6. The Hall–Kier alpha value is -0.240. The summed E-state index contributed by atoms with van der Waals surface area (Å²) in [6.45, 7) is 5.83. The Labute approximate surface area is 128 Å². The van der Waals surface area contributed by atoms with E-state index in [0.717, 1.165) is 32.3 Å². The van der Waals surface area contributed by atoms with E-state index in [1.165, 1.54) is 0 Å². The minimum Gasteiger partial charge on any atom is -0.396 e. The standard InChI is InChI=1S/C15H32O6/c1-17-8-9-19-12-13-21-15-14-20-11-10-18-7-5-3-2-4-6-16/h16H,2-15H2,1H3. The minimum absolute atomic E-state index is 0.288. The van der Waals surface area contributed by atoms with Gasteiger partial charge in [0.05, 0.1) is 52.9 Å². The SMILES string of the molecule is COCCOCCOCCOCCOCCCCCCO. The molecule has 0 aliphatic carbocycles. The molecule has 0 rings (SSSR count). The van der Waals surface area contributed by atoms with Crippen molar-refractivity contribution >= 4 is 0 Å². The van der Waals surface area contributed by atoms with Gasteiger partial charge in [-0.05, 0) is 12.8 Å². The summed E-state index contributed by atoms with van der Waals surface area (Å²) in [5.41, 5.74) is 0. The zero-order valence-corrected chi connectivity index (χ0v) is 13.4. The molecule has 6 nitrogen and oxygen atoms in total. The summed E-state index contributed by atoms with van der Waals surface area (Å²) in [5, 5.41) is 8.62. The Kier molecular flexibility index (Phi) is 19.5. The fourth-order valence-electron chi connectivity index (χ4n) is 1.57. The highest BCUT2D eigenvalue weighted by Gasteiger charge is 1.93. The number of rotatable bonds is 18. The second-order valence-electron chi connectivity index (χ2n) is 4.58. The quantitative estimate of drug-likeness (QED) is 0.384. The van der Waals surface area contributed by atoms with Crippen LogP contribution in [0.25, 0.3) is 0 Å². The molecule has 0 heterocycles. The smallest absolute Gasteiger partial charge is 0.0701 e. The molecule has 0 unspecified atom stereocenters. The summed E-state index contributed by atoms with van der Waals surface area (Å²) in [4.78, 5) is 0. The Morgan fingerprint density at radius 2 is 0.952 bits per heavy atom. The number of aliphatic hydroxyl groups is 1. The van der Waals surface area contributed by atoms with Gasteiger partial charge >= 0.3 is 0 Å². The molecule has 0 fully saturated rings. The highest BCUT2D eigenvalue weighted by atomic mass is 16.6. The third-order valence-electron chi connectivity index (χ3n) is 2.74. The van der Waals surface area contributed by atoms with E-state index in [1.54, 1.807) is 7.11 Å². The van der Waals surface area contributed by atoms with E-state index in [2.05, 4.69) is 0 Å². The first-order valence-corrected chi connectivity index (χ1v) is 7.82. The van der Waals surface area contributed by atoms with Gasteiger partial charge in [-0.2, -0.15) is 0 Å². The highest BCUT2D eigenvalue weighted by molar-refractivity contribution is 4.42. The van der Waals surface area contributed by atoms with Crippen molar-refractivity contribution in [3.8, 4) is 0 Å². The van der Waals surface area contributed by atoms with Crippen molar-refractivity contribution in [3.05, 3.63) is 0 Å². The van der Waals surface area contributed by atoms with Crippen LogP contribution in [0.5, 0.6) is 0 Å². The fourth-order valence-corrected chi connectivity index (χ4v) is 1.57. The molecule has 21 heavy (non-hydrogen) atoms. The second-order valence-corrected chi connectivity index (χ2v) is 4.58. The molecular weight excluding hydrogens is 276 g/mol. The number of unbranched alkanes of at least 4 members (excludes halogenated alkanes) is 3. The molecule has 0 amide bonds. The van der Waals surface area contributed by atoms with Gasteiger partial charge in [-0.25, -0.2) is 0 Å². The average Bonchev–Trinajstić information content (AvgIpc) is 2.50. The van der Waals surface area contributed by atoms with Crippen molar-refractivity contribution in [2.24, 2.45) is 0 Å². The van der Waals surface area contributed by atoms with Gasteiger partial charge in [0, 0.05) is 20.3 Å². The summed E-state index contributed by atoms with van der Waals surface area (Å²) in [6, 6.07) is 0. The molecule has 0 spiro atoms. The molecule has 0 saturated carbocycles. The first-order chi connectivity index (χ1) is 10.4. The summed E-state index contributed by atoms with van der Waals surface area (Å²) in [5.74, 6) is 0. The lowest BCUT2D eigenvalue weighted by molar-refractivity contribution is -0.00801. The number of methoxy groups -OCH3 is 1. The lowest BCUT2D eigenvalue weighted by Gasteiger charge is -2.07. The first-order valence-electron chi connectivity index (χ1n) is 7.82. The molecular formula is C15H32O6. The molecule has 0 atom stereocenters. The average molecular weight is 308 g/mol. The van der Waals surface area contributed by atoms with Crippen LogP contribution in [0, 0.1) is 0 Å². The zero-order chi connectivity index (χ0) is 15.4. The summed E-state index contributed by atoms with van der Waals surface area (Å²) >= 11 is 0. The van der Waals surface area contributed by atoms with Crippen LogP contribution in [-0.2, 0) is 23.7 Å². The van der Waals surface area contributed by atoms with Gasteiger partial charge in [-0.3, -0.25) is 0 Å². The van der Waals surface area contributed by atoms with Crippen molar-refractivity contribution in [3.63, 3.8) is 0 Å². The lowest BCUT2D eigenvalue weighted by Crippen LogP contribution is -2.13. The topological polar surface area (TPSA) is 66.4 Å². The van der Waals surface area contributed by atoms with E-state index in [0.29, 0.717) is 52.9 Å². The molecule has 128 valence electrons. The largest absolute Gasteiger partial charge is 0.396 e. The maximum absolute atomic E-state index is 8.62. The zero-order valence-electron chi connectivity index (χ0n) is 13.4. The predicted octanol–water partition coefficient (Wildman–Crippen LogP) is 1.25. The number of ether oxygens (including phenoxy) is 5. The van der Waals surface area contributed by atoms with Gasteiger partial charge in [0.15, 0.2) is 0 Å². The maximum Gasteiger partial charge on any atom is 0.0701 e. The highest BCUT2D eigenvalue weighted by Crippen LogP contribution is 1.98. The fraction of sp³-hybridized carbons (Fsp3) is 1.00. The normalized spacial score (nSPS) is 11.1. The van der Waals surface area contributed by atoms with Crippen molar-refractivity contribution in [2.75, 3.05) is 73.2 Å². The summed E-state index contributed by atoms with van der Waals surface area (Å²) in [6.07, 6.45) is 4.12. The maximum atomic E-state index is 8.62. The molecule has 0 aliphatic heterocycles. The molecule has 0 aromatic rings. The molecule has 6 heteroatoms. The molecule has 0 aromatic heterocycles. The Morgan fingerprint density at radius 3 is 1.43 bits per heavy atom. The molecule has 0 radical (unpaired) electrons. The number of aliphatic hydroxyl groups excluding tert-OH is 1. The van der Waals surface area contributed by atoms with Gasteiger partial charge in [-0.15, -0.1) is 0 Å². The van der Waals surface area contributed by atoms with Gasteiger partial charge < -0.3 is 28.8 Å². The summed E-state index contributed by atoms with van der Waals surface area (Å²) in [7, 11) is 1.65. The number of hydrogen-bond donors (Lipinski definition) is 1. The van der Waals surface area contributed by atoms with Gasteiger partial charge in [0.1, 0.15) is 0 Å². The van der Waals surface area contributed by atoms with E-state index < -0.39 is 0 Å². The van der Waals surface area contributed by atoms with Crippen molar-refractivity contribution < 1.29 is 28.8 Å². The van der Waals surface area contributed by atoms with Crippen molar-refractivity contribution in [2.45, 2.75) is 25.7 Å². The third-order valence-corrected chi connectivity index (χ3v) is 2.74. The second kappa shape index (κ2) is 19.8. The molecule has 1 N–H and O–H groups in total. The van der Waals surface area contributed by atoms with Gasteiger partial charge in [0.25, 0.3) is 0 Å². The van der Waals surface area contributed by atoms with Gasteiger partial charge in [-0.1, -0.05) is 12.8 Å². The third kappa shape index (κ3) is 19.8. The lowest BCUT2D eigenvalue weighted by atomic mass is 10.2. The van der Waals surface area contributed by atoms with Crippen LogP contribution < -0.4 is 0 Å². The van der Waals surface area contributed by atoms with E-state index >= 15 is 0 Å². The Bertz CT molecular complexity index is 162. The van der Waals surface area contributed by atoms with Crippen LogP contribution >= 0.6 is 0 Å². The predicted molar refractivity (Wildman–Crippen MR) is 80.7 cm³/mol. The first kappa shape index (κ1) is 20.8.